The van der Waals surface area contributed by atoms with Gasteiger partial charge >= 0.3 is 0 Å². The number of halogens is 1. The predicted octanol–water partition coefficient (Wildman–Crippen LogP) is 4.03. The van der Waals surface area contributed by atoms with Crippen molar-refractivity contribution >= 4 is 28.1 Å². The largest absolute Gasteiger partial charge is 0.375 e. The first-order valence-corrected chi connectivity index (χ1v) is 7.32. The molecule has 0 aliphatic rings. The maximum Gasteiger partial charge on any atom is 0.180 e. The van der Waals surface area contributed by atoms with Crippen molar-refractivity contribution in [1.29, 1.82) is 0 Å². The van der Waals surface area contributed by atoms with Gasteiger partial charge in [-0.25, -0.2) is 4.98 Å². The van der Waals surface area contributed by atoms with Gasteiger partial charge in [0.15, 0.2) is 5.13 Å². The van der Waals surface area contributed by atoms with E-state index >= 15 is 0 Å². The zero-order chi connectivity index (χ0) is 13.9. The fraction of sp³-hybridized carbons (Fsp3) is 0.0667. The van der Waals surface area contributed by atoms with E-state index in [4.69, 9.17) is 17.3 Å². The quantitative estimate of drug-likeness (QED) is 0.794. The summed E-state index contributed by atoms with van der Waals surface area (Å²) in [7, 11) is 0. The third-order valence-electron chi connectivity index (χ3n) is 2.93. The summed E-state index contributed by atoms with van der Waals surface area (Å²) >= 11 is 7.42. The normalized spacial score (nSPS) is 10.7. The van der Waals surface area contributed by atoms with Crippen molar-refractivity contribution in [3.63, 3.8) is 0 Å². The van der Waals surface area contributed by atoms with E-state index in [1.165, 1.54) is 16.9 Å². The van der Waals surface area contributed by atoms with Gasteiger partial charge in [-0.1, -0.05) is 23.7 Å². The molecule has 3 nitrogen and oxygen atoms in total. The molecule has 0 saturated heterocycles. The van der Waals surface area contributed by atoms with Gasteiger partial charge in [-0.2, -0.15) is 0 Å². The second kappa shape index (κ2) is 5.61. The van der Waals surface area contributed by atoms with Crippen molar-refractivity contribution in [2.24, 2.45) is 0 Å². The molecule has 0 spiro atoms. The maximum atomic E-state index is 5.91. The Labute approximate surface area is 126 Å². The number of nitrogens with zero attached hydrogens (tertiary/aromatic N) is 2. The zero-order valence-electron chi connectivity index (χ0n) is 10.6. The lowest BCUT2D eigenvalue weighted by atomic mass is 10.1. The van der Waals surface area contributed by atoms with Gasteiger partial charge in [0.2, 0.25) is 0 Å². The standard InChI is InChI=1S/C15H12ClN3S/c16-12-5-3-10(4-6-12)8-13-14(19-15(17)20-13)11-2-1-7-18-9-11/h1-7,9H,8H2,(H2,17,19). The molecule has 3 aromatic rings. The van der Waals surface area contributed by atoms with Crippen LogP contribution in [0.3, 0.4) is 0 Å². The summed E-state index contributed by atoms with van der Waals surface area (Å²) in [5, 5.41) is 1.32. The van der Waals surface area contributed by atoms with Crippen molar-refractivity contribution in [3.05, 3.63) is 64.3 Å². The second-order valence-electron chi connectivity index (χ2n) is 4.37. The Morgan fingerprint density at radius 3 is 2.65 bits per heavy atom. The Morgan fingerprint density at radius 2 is 1.95 bits per heavy atom. The molecule has 0 aliphatic heterocycles. The molecule has 0 amide bonds. The van der Waals surface area contributed by atoms with Crippen LogP contribution >= 0.6 is 22.9 Å². The van der Waals surface area contributed by atoms with Crippen LogP contribution in [0.2, 0.25) is 5.02 Å². The van der Waals surface area contributed by atoms with Gasteiger partial charge in [0, 0.05) is 34.3 Å². The lowest BCUT2D eigenvalue weighted by Crippen LogP contribution is -1.89. The predicted molar refractivity (Wildman–Crippen MR) is 84.0 cm³/mol. The van der Waals surface area contributed by atoms with Gasteiger partial charge in [-0.3, -0.25) is 4.98 Å². The summed E-state index contributed by atoms with van der Waals surface area (Å²) in [5.41, 5.74) is 8.95. The lowest BCUT2D eigenvalue weighted by Gasteiger charge is -2.03. The summed E-state index contributed by atoms with van der Waals surface area (Å²) in [4.78, 5) is 9.70. The highest BCUT2D eigenvalue weighted by Crippen LogP contribution is 2.31. The Bertz CT molecular complexity index is 708. The second-order valence-corrected chi connectivity index (χ2v) is 5.92. The highest BCUT2D eigenvalue weighted by Gasteiger charge is 2.12. The SMILES string of the molecule is Nc1nc(-c2cccnc2)c(Cc2ccc(Cl)cc2)s1. The van der Waals surface area contributed by atoms with Crippen LogP contribution in [0.25, 0.3) is 11.3 Å². The summed E-state index contributed by atoms with van der Waals surface area (Å²) < 4.78 is 0. The number of anilines is 1. The number of thiazole rings is 1. The van der Waals surface area contributed by atoms with Gasteiger partial charge in [-0.05, 0) is 29.8 Å². The van der Waals surface area contributed by atoms with E-state index in [-0.39, 0.29) is 0 Å². The molecule has 0 radical (unpaired) electrons. The highest BCUT2D eigenvalue weighted by atomic mass is 35.5. The van der Waals surface area contributed by atoms with Crippen molar-refractivity contribution in [2.45, 2.75) is 6.42 Å². The summed E-state index contributed by atoms with van der Waals surface area (Å²) in [5.74, 6) is 0. The van der Waals surface area contributed by atoms with Crippen LogP contribution in [0, 0.1) is 0 Å². The third-order valence-corrected chi connectivity index (χ3v) is 4.06. The Balaban J connectivity index is 1.96. The molecule has 5 heteroatoms. The number of pyridine rings is 1. The van der Waals surface area contributed by atoms with Crippen LogP contribution in [0.4, 0.5) is 5.13 Å². The monoisotopic (exact) mass is 301 g/mol. The van der Waals surface area contributed by atoms with Crippen LogP contribution in [-0.2, 0) is 6.42 Å². The minimum atomic E-state index is 0.577. The van der Waals surface area contributed by atoms with Gasteiger partial charge in [-0.15, -0.1) is 11.3 Å². The number of aromatic nitrogens is 2. The number of benzene rings is 1. The average Bonchev–Trinajstić information content (AvgIpc) is 2.83. The molecule has 0 fully saturated rings. The highest BCUT2D eigenvalue weighted by molar-refractivity contribution is 7.15. The molecule has 3 rings (SSSR count). The lowest BCUT2D eigenvalue weighted by molar-refractivity contribution is 1.21. The van der Waals surface area contributed by atoms with Crippen LogP contribution in [0.5, 0.6) is 0 Å². The molecular formula is C15H12ClN3S. The molecule has 0 saturated carbocycles. The van der Waals surface area contributed by atoms with E-state index in [1.807, 2.05) is 36.4 Å². The first-order chi connectivity index (χ1) is 9.72. The number of nitrogen functional groups attached to an aromatic ring is 1. The van der Waals surface area contributed by atoms with Crippen LogP contribution in [0.1, 0.15) is 10.4 Å². The fourth-order valence-corrected chi connectivity index (χ4v) is 3.02. The first kappa shape index (κ1) is 13.1. The van der Waals surface area contributed by atoms with Crippen LogP contribution < -0.4 is 5.73 Å². The topological polar surface area (TPSA) is 51.8 Å². The Kier molecular flexibility index (Phi) is 3.67. The molecular weight excluding hydrogens is 290 g/mol. The molecule has 2 aromatic heterocycles. The number of nitrogens with two attached hydrogens (primary N) is 1. The smallest absolute Gasteiger partial charge is 0.180 e. The van der Waals surface area contributed by atoms with E-state index in [1.54, 1.807) is 12.4 Å². The van der Waals surface area contributed by atoms with Gasteiger partial charge < -0.3 is 5.73 Å². The molecule has 1 aromatic carbocycles. The summed E-state index contributed by atoms with van der Waals surface area (Å²) in [6, 6.07) is 11.7. The Hall–Kier alpha value is -1.91. The molecule has 0 atom stereocenters. The van der Waals surface area contributed by atoms with Gasteiger partial charge in [0.1, 0.15) is 0 Å². The zero-order valence-corrected chi connectivity index (χ0v) is 12.2. The van der Waals surface area contributed by atoms with E-state index in [0.717, 1.165) is 27.6 Å². The van der Waals surface area contributed by atoms with Crippen LogP contribution in [0.15, 0.2) is 48.8 Å². The van der Waals surface area contributed by atoms with E-state index in [9.17, 15) is 0 Å². The van der Waals surface area contributed by atoms with Crippen LogP contribution in [-0.4, -0.2) is 9.97 Å². The van der Waals surface area contributed by atoms with E-state index in [0.29, 0.717) is 5.13 Å². The van der Waals surface area contributed by atoms with Crippen molar-refractivity contribution in [2.75, 3.05) is 5.73 Å². The third kappa shape index (κ3) is 2.81. The van der Waals surface area contributed by atoms with Gasteiger partial charge in [0.25, 0.3) is 0 Å². The molecule has 20 heavy (non-hydrogen) atoms. The number of hydrogen-bond donors (Lipinski definition) is 1. The first-order valence-electron chi connectivity index (χ1n) is 6.12. The van der Waals surface area contributed by atoms with Crippen molar-refractivity contribution in [1.82, 2.24) is 9.97 Å². The van der Waals surface area contributed by atoms with Crippen molar-refractivity contribution in [3.8, 4) is 11.3 Å². The molecule has 0 bridgehead atoms. The number of hydrogen-bond acceptors (Lipinski definition) is 4. The molecule has 0 aliphatic carbocycles. The minimum absolute atomic E-state index is 0.577. The molecule has 2 N–H and O–H groups in total. The average molecular weight is 302 g/mol. The van der Waals surface area contributed by atoms with E-state index in [2.05, 4.69) is 9.97 Å². The fourth-order valence-electron chi connectivity index (χ4n) is 2.01. The molecule has 0 unspecified atom stereocenters. The van der Waals surface area contributed by atoms with E-state index < -0.39 is 0 Å². The molecule has 100 valence electrons. The molecule has 2 heterocycles. The summed E-state index contributed by atoms with van der Waals surface area (Å²) in [6.45, 7) is 0. The number of rotatable bonds is 3. The van der Waals surface area contributed by atoms with Crippen molar-refractivity contribution < 1.29 is 0 Å². The van der Waals surface area contributed by atoms with Gasteiger partial charge in [0.05, 0.1) is 5.69 Å². The summed E-state index contributed by atoms with van der Waals surface area (Å²) in [6.07, 6.45) is 4.34. The minimum Gasteiger partial charge on any atom is -0.375 e. The Morgan fingerprint density at radius 1 is 1.15 bits per heavy atom. The maximum absolute atomic E-state index is 5.91.